The van der Waals surface area contributed by atoms with Crippen LogP contribution in [-0.4, -0.2) is 16.8 Å². The monoisotopic (exact) mass is 310 g/mol. The topological polar surface area (TPSA) is 63.8 Å². The predicted molar refractivity (Wildman–Crippen MR) is 90.6 cm³/mol. The highest BCUT2D eigenvalue weighted by Crippen LogP contribution is 2.40. The zero-order valence-electron chi connectivity index (χ0n) is 13.3. The Kier molecular flexibility index (Phi) is 3.78. The first kappa shape index (κ1) is 15.1. The van der Waals surface area contributed by atoms with Gasteiger partial charge in [0.1, 0.15) is 5.75 Å². The number of fused-ring (bicyclic) bond motifs is 1. The Morgan fingerprint density at radius 3 is 2.70 bits per heavy atom. The predicted octanol–water partition coefficient (Wildman–Crippen LogP) is 4.42. The van der Waals surface area contributed by atoms with E-state index in [-0.39, 0.29) is 11.6 Å². The van der Waals surface area contributed by atoms with Crippen LogP contribution in [0.4, 0.5) is 5.69 Å². The fourth-order valence-electron chi connectivity index (χ4n) is 3.05. The van der Waals surface area contributed by atoms with Crippen molar-refractivity contribution in [2.75, 3.05) is 7.11 Å². The van der Waals surface area contributed by atoms with Crippen molar-refractivity contribution in [3.8, 4) is 11.6 Å². The van der Waals surface area contributed by atoms with Gasteiger partial charge in [-0.05, 0) is 48.4 Å². The summed E-state index contributed by atoms with van der Waals surface area (Å²) >= 11 is 0. The fraction of sp³-hybridized carbons (Fsp3) is 0.222. The Labute approximate surface area is 134 Å². The molecule has 5 heteroatoms. The van der Waals surface area contributed by atoms with Crippen LogP contribution < -0.4 is 4.74 Å². The second-order valence-electron chi connectivity index (χ2n) is 5.68. The molecule has 0 aliphatic carbocycles. The number of aromatic nitrogens is 1. The molecule has 0 saturated heterocycles. The van der Waals surface area contributed by atoms with E-state index in [2.05, 4.69) is 5.18 Å². The largest absolute Gasteiger partial charge is 0.497 e. The molecule has 3 rings (SSSR count). The van der Waals surface area contributed by atoms with Crippen molar-refractivity contribution in [2.45, 2.75) is 20.4 Å². The minimum atomic E-state index is -0.105. The van der Waals surface area contributed by atoms with Gasteiger partial charge in [-0.1, -0.05) is 23.8 Å². The molecule has 0 unspecified atom stereocenters. The number of rotatable bonds is 4. The van der Waals surface area contributed by atoms with E-state index >= 15 is 0 Å². The van der Waals surface area contributed by atoms with Gasteiger partial charge in [0, 0.05) is 5.39 Å². The number of aryl methyl sites for hydroxylation is 2. The molecule has 1 heterocycles. The van der Waals surface area contributed by atoms with E-state index in [1.54, 1.807) is 11.7 Å². The minimum absolute atomic E-state index is 0.0923. The van der Waals surface area contributed by atoms with Gasteiger partial charge < -0.3 is 14.4 Å². The second kappa shape index (κ2) is 5.76. The highest BCUT2D eigenvalue weighted by atomic mass is 16.5. The van der Waals surface area contributed by atoms with Crippen molar-refractivity contribution < 1.29 is 9.84 Å². The molecule has 0 amide bonds. The molecule has 1 N–H and O–H groups in total. The zero-order valence-corrected chi connectivity index (χ0v) is 13.3. The van der Waals surface area contributed by atoms with Gasteiger partial charge in [-0.15, -0.1) is 4.91 Å². The number of benzene rings is 2. The third-order valence-electron chi connectivity index (χ3n) is 4.00. The molecule has 0 saturated carbocycles. The number of hydrogen-bond donors (Lipinski definition) is 1. The van der Waals surface area contributed by atoms with Crippen molar-refractivity contribution >= 4 is 16.6 Å². The van der Waals surface area contributed by atoms with E-state index in [0.717, 1.165) is 28.0 Å². The first-order valence-corrected chi connectivity index (χ1v) is 7.34. The van der Waals surface area contributed by atoms with E-state index in [4.69, 9.17) is 4.74 Å². The van der Waals surface area contributed by atoms with E-state index in [9.17, 15) is 10.0 Å². The lowest BCUT2D eigenvalue weighted by Gasteiger charge is -2.10. The van der Waals surface area contributed by atoms with Crippen molar-refractivity contribution in [1.29, 1.82) is 0 Å². The average molecular weight is 310 g/mol. The van der Waals surface area contributed by atoms with Crippen LogP contribution in [0.2, 0.25) is 0 Å². The summed E-state index contributed by atoms with van der Waals surface area (Å²) in [4.78, 5) is 11.2. The molecule has 1 aromatic heterocycles. The van der Waals surface area contributed by atoms with Crippen LogP contribution in [0.3, 0.4) is 0 Å². The first-order chi connectivity index (χ1) is 11.0. The Hall–Kier alpha value is -2.82. The highest BCUT2D eigenvalue weighted by Gasteiger charge is 2.19. The van der Waals surface area contributed by atoms with Crippen molar-refractivity contribution in [3.05, 3.63) is 58.0 Å². The van der Waals surface area contributed by atoms with Gasteiger partial charge in [-0.25, -0.2) is 0 Å². The smallest absolute Gasteiger partial charge is 0.222 e. The molecule has 2 aromatic carbocycles. The number of hydrogen-bond acceptors (Lipinski definition) is 4. The van der Waals surface area contributed by atoms with Crippen LogP contribution in [0.15, 0.2) is 41.6 Å². The van der Waals surface area contributed by atoms with E-state index in [1.165, 1.54) is 0 Å². The lowest BCUT2D eigenvalue weighted by molar-refractivity contribution is 0.413. The molecule has 0 radical (unpaired) electrons. The minimum Gasteiger partial charge on any atom is -0.497 e. The second-order valence-corrected chi connectivity index (χ2v) is 5.68. The summed E-state index contributed by atoms with van der Waals surface area (Å²) in [5.74, 6) is 0.645. The molecule has 5 nitrogen and oxygen atoms in total. The van der Waals surface area contributed by atoms with Gasteiger partial charge in [0.15, 0.2) is 5.69 Å². The molecule has 118 valence electrons. The number of nitrogens with zero attached hydrogens (tertiary/aromatic N) is 2. The van der Waals surface area contributed by atoms with Crippen LogP contribution in [0.25, 0.3) is 10.9 Å². The maximum atomic E-state index is 11.2. The third-order valence-corrected chi connectivity index (χ3v) is 4.00. The van der Waals surface area contributed by atoms with Crippen LogP contribution in [-0.2, 0) is 6.54 Å². The molecule has 23 heavy (non-hydrogen) atoms. The molecule has 0 bridgehead atoms. The normalized spacial score (nSPS) is 10.9. The summed E-state index contributed by atoms with van der Waals surface area (Å²) < 4.78 is 6.95. The summed E-state index contributed by atoms with van der Waals surface area (Å²) in [5.41, 5.74) is 3.90. The lowest BCUT2D eigenvalue weighted by Crippen LogP contribution is -2.00. The highest BCUT2D eigenvalue weighted by molar-refractivity contribution is 5.97. The van der Waals surface area contributed by atoms with Gasteiger partial charge in [-0.2, -0.15) is 0 Å². The van der Waals surface area contributed by atoms with Crippen LogP contribution in [0, 0.1) is 18.8 Å². The SMILES string of the molecule is COc1cccc(Cn2c(O)c(N=O)c3cc(C)cc(C)c32)c1. The summed E-state index contributed by atoms with van der Waals surface area (Å²) in [5, 5.41) is 14.2. The first-order valence-electron chi connectivity index (χ1n) is 7.34. The molecule has 0 aliphatic rings. The van der Waals surface area contributed by atoms with E-state index in [0.29, 0.717) is 11.9 Å². The summed E-state index contributed by atoms with van der Waals surface area (Å²) in [7, 11) is 1.61. The Bertz CT molecular complexity index is 897. The number of methoxy groups -OCH3 is 1. The quantitative estimate of drug-likeness (QED) is 0.726. The van der Waals surface area contributed by atoms with Crippen LogP contribution in [0.5, 0.6) is 11.6 Å². The fourth-order valence-corrected chi connectivity index (χ4v) is 3.05. The standard InChI is InChI=1S/C18H18N2O3/c1-11-7-12(2)17-15(8-11)16(19-22)18(21)20(17)10-13-5-4-6-14(9-13)23-3/h4-9,21H,10H2,1-3H3. The molecular formula is C18H18N2O3. The Morgan fingerprint density at radius 1 is 1.22 bits per heavy atom. The zero-order chi connectivity index (χ0) is 16.6. The van der Waals surface area contributed by atoms with E-state index in [1.807, 2.05) is 50.2 Å². The van der Waals surface area contributed by atoms with Gasteiger partial charge in [0.05, 0.1) is 19.2 Å². The van der Waals surface area contributed by atoms with Crippen molar-refractivity contribution in [3.63, 3.8) is 0 Å². The van der Waals surface area contributed by atoms with Gasteiger partial charge in [0.2, 0.25) is 5.88 Å². The molecule has 0 spiro atoms. The van der Waals surface area contributed by atoms with Crippen molar-refractivity contribution in [1.82, 2.24) is 4.57 Å². The number of ether oxygens (including phenoxy) is 1. The summed E-state index contributed by atoms with van der Waals surface area (Å²) in [6, 6.07) is 11.5. The van der Waals surface area contributed by atoms with Gasteiger partial charge in [0.25, 0.3) is 0 Å². The third kappa shape index (κ3) is 2.54. The molecular weight excluding hydrogens is 292 g/mol. The number of nitroso groups, excluding NO2 is 1. The van der Waals surface area contributed by atoms with E-state index < -0.39 is 0 Å². The number of aromatic hydroxyl groups is 1. The lowest BCUT2D eigenvalue weighted by atomic mass is 10.1. The van der Waals surface area contributed by atoms with Gasteiger partial charge >= 0.3 is 0 Å². The molecule has 0 atom stereocenters. The average Bonchev–Trinajstić information content (AvgIpc) is 2.79. The van der Waals surface area contributed by atoms with Crippen LogP contribution >= 0.6 is 0 Å². The summed E-state index contributed by atoms with van der Waals surface area (Å²) in [6.07, 6.45) is 0. The maximum absolute atomic E-state index is 11.2. The molecule has 3 aromatic rings. The van der Waals surface area contributed by atoms with Crippen LogP contribution in [0.1, 0.15) is 16.7 Å². The Balaban J connectivity index is 2.20. The summed E-state index contributed by atoms with van der Waals surface area (Å²) in [6.45, 7) is 4.35. The maximum Gasteiger partial charge on any atom is 0.222 e. The molecule has 0 aliphatic heterocycles. The van der Waals surface area contributed by atoms with Crippen molar-refractivity contribution in [2.24, 2.45) is 5.18 Å². The molecule has 0 fully saturated rings. The Morgan fingerprint density at radius 2 is 2.00 bits per heavy atom. The van der Waals surface area contributed by atoms with Gasteiger partial charge in [-0.3, -0.25) is 0 Å².